The van der Waals surface area contributed by atoms with Crippen LogP contribution in [0.2, 0.25) is 0 Å². The van der Waals surface area contributed by atoms with Crippen LogP contribution in [0.25, 0.3) is 0 Å². The Hall–Kier alpha value is -1.55. The third-order valence-electron chi connectivity index (χ3n) is 2.06. The Balaban J connectivity index is 2.89. The predicted octanol–water partition coefficient (Wildman–Crippen LogP) is 1.56. The van der Waals surface area contributed by atoms with Crippen molar-refractivity contribution in [3.63, 3.8) is 0 Å². The lowest BCUT2D eigenvalue weighted by atomic mass is 10.1. The highest BCUT2D eigenvalue weighted by Gasteiger charge is 2.15. The Labute approximate surface area is 88.7 Å². The summed E-state index contributed by atoms with van der Waals surface area (Å²) < 4.78 is 5.29. The number of carboxylic acids is 1. The van der Waals surface area contributed by atoms with Crippen LogP contribution in [-0.4, -0.2) is 17.2 Å². The van der Waals surface area contributed by atoms with Gasteiger partial charge < -0.3 is 15.6 Å². The molecular weight excluding hydrogens is 194 g/mol. The molecule has 0 aromatic heterocycles. The summed E-state index contributed by atoms with van der Waals surface area (Å²) in [4.78, 5) is 10.6. The van der Waals surface area contributed by atoms with E-state index >= 15 is 0 Å². The number of nitrogens with two attached hydrogens (primary N) is 1. The number of carboxylic acid groups (broad SMARTS) is 1. The molecule has 1 aromatic rings. The first kappa shape index (κ1) is 11.5. The second kappa shape index (κ2) is 4.79. The van der Waals surface area contributed by atoms with Crippen LogP contribution in [0.1, 0.15) is 25.5 Å². The van der Waals surface area contributed by atoms with E-state index in [1.54, 1.807) is 12.1 Å². The molecule has 2 atom stereocenters. The highest BCUT2D eigenvalue weighted by Crippen LogP contribution is 2.24. The van der Waals surface area contributed by atoms with Crippen molar-refractivity contribution in [2.24, 2.45) is 5.73 Å². The number of ether oxygens (including phenoxy) is 1. The Morgan fingerprint density at radius 3 is 2.53 bits per heavy atom. The maximum Gasteiger partial charge on any atom is 0.344 e. The number of hydrogen-bond acceptors (Lipinski definition) is 3. The Kier molecular flexibility index (Phi) is 3.68. The first-order valence-electron chi connectivity index (χ1n) is 4.76. The third kappa shape index (κ3) is 2.95. The molecule has 1 aromatic carbocycles. The van der Waals surface area contributed by atoms with Crippen LogP contribution >= 0.6 is 0 Å². The molecule has 4 nitrogen and oxygen atoms in total. The van der Waals surface area contributed by atoms with Crippen LogP contribution in [0, 0.1) is 0 Å². The van der Waals surface area contributed by atoms with Crippen molar-refractivity contribution in [3.8, 4) is 5.75 Å². The van der Waals surface area contributed by atoms with Crippen molar-refractivity contribution in [1.29, 1.82) is 0 Å². The zero-order valence-corrected chi connectivity index (χ0v) is 8.81. The van der Waals surface area contributed by atoms with Crippen molar-refractivity contribution in [3.05, 3.63) is 29.8 Å². The van der Waals surface area contributed by atoms with E-state index in [1.165, 1.54) is 6.92 Å². The van der Waals surface area contributed by atoms with Crippen LogP contribution in [0.3, 0.4) is 0 Å². The molecule has 0 spiro atoms. The highest BCUT2D eigenvalue weighted by molar-refractivity contribution is 5.72. The lowest BCUT2D eigenvalue weighted by Crippen LogP contribution is -2.24. The Morgan fingerprint density at radius 1 is 1.40 bits per heavy atom. The zero-order valence-electron chi connectivity index (χ0n) is 8.81. The van der Waals surface area contributed by atoms with Gasteiger partial charge in [0, 0.05) is 11.6 Å². The van der Waals surface area contributed by atoms with Gasteiger partial charge in [0.15, 0.2) is 6.10 Å². The molecule has 0 amide bonds. The minimum atomic E-state index is -0.991. The van der Waals surface area contributed by atoms with Crippen molar-refractivity contribution in [2.45, 2.75) is 26.0 Å². The molecule has 82 valence electrons. The second-order valence-electron chi connectivity index (χ2n) is 3.42. The summed E-state index contributed by atoms with van der Waals surface area (Å²) in [5.74, 6) is -0.461. The van der Waals surface area contributed by atoms with Crippen LogP contribution in [0.15, 0.2) is 24.3 Å². The van der Waals surface area contributed by atoms with E-state index in [9.17, 15) is 4.79 Å². The average Bonchev–Trinajstić information content (AvgIpc) is 2.18. The highest BCUT2D eigenvalue weighted by atomic mass is 16.5. The first-order valence-corrected chi connectivity index (χ1v) is 4.76. The fraction of sp³-hybridized carbons (Fsp3) is 0.364. The zero-order chi connectivity index (χ0) is 11.4. The lowest BCUT2D eigenvalue weighted by molar-refractivity contribution is -0.144. The molecule has 0 heterocycles. The summed E-state index contributed by atoms with van der Waals surface area (Å²) in [5.41, 5.74) is 6.55. The van der Waals surface area contributed by atoms with E-state index in [0.29, 0.717) is 5.75 Å². The van der Waals surface area contributed by atoms with Crippen molar-refractivity contribution in [2.75, 3.05) is 0 Å². The summed E-state index contributed by atoms with van der Waals surface area (Å²) in [6.45, 7) is 3.31. The number of rotatable bonds is 4. The molecule has 0 saturated heterocycles. The molecule has 15 heavy (non-hydrogen) atoms. The van der Waals surface area contributed by atoms with Crippen molar-refractivity contribution in [1.82, 2.24) is 0 Å². The Bertz CT molecular complexity index is 349. The van der Waals surface area contributed by atoms with E-state index in [-0.39, 0.29) is 6.04 Å². The van der Waals surface area contributed by atoms with Gasteiger partial charge in [0.05, 0.1) is 0 Å². The molecule has 4 heteroatoms. The molecule has 2 unspecified atom stereocenters. The van der Waals surface area contributed by atoms with Gasteiger partial charge in [0.2, 0.25) is 0 Å². The van der Waals surface area contributed by atoms with Gasteiger partial charge >= 0.3 is 5.97 Å². The summed E-state index contributed by atoms with van der Waals surface area (Å²) in [5, 5.41) is 8.72. The van der Waals surface area contributed by atoms with E-state index < -0.39 is 12.1 Å². The maximum atomic E-state index is 10.6. The second-order valence-corrected chi connectivity index (χ2v) is 3.42. The number of aliphatic carboxylic acids is 1. The molecule has 1 rings (SSSR count). The smallest absolute Gasteiger partial charge is 0.344 e. The monoisotopic (exact) mass is 209 g/mol. The van der Waals surface area contributed by atoms with E-state index in [0.717, 1.165) is 5.56 Å². The molecule has 0 aliphatic carbocycles. The SMILES string of the molecule is CC(Oc1ccccc1C(C)N)C(=O)O. The molecule has 0 aliphatic rings. The van der Waals surface area contributed by atoms with E-state index in [4.69, 9.17) is 15.6 Å². The van der Waals surface area contributed by atoms with E-state index in [1.807, 2.05) is 19.1 Å². The number of benzene rings is 1. The molecule has 0 bridgehead atoms. The molecule has 0 radical (unpaired) electrons. The average molecular weight is 209 g/mol. The van der Waals surface area contributed by atoms with Crippen LogP contribution in [0.4, 0.5) is 0 Å². The van der Waals surface area contributed by atoms with Gasteiger partial charge in [-0.25, -0.2) is 4.79 Å². The quantitative estimate of drug-likeness (QED) is 0.789. The third-order valence-corrected chi connectivity index (χ3v) is 2.06. The van der Waals surface area contributed by atoms with Crippen molar-refractivity contribution < 1.29 is 14.6 Å². The molecule has 0 fully saturated rings. The maximum absolute atomic E-state index is 10.6. The van der Waals surface area contributed by atoms with Crippen LogP contribution in [0.5, 0.6) is 5.75 Å². The van der Waals surface area contributed by atoms with Crippen LogP contribution < -0.4 is 10.5 Å². The minimum absolute atomic E-state index is 0.179. The van der Waals surface area contributed by atoms with Gasteiger partial charge in [0.1, 0.15) is 5.75 Å². The predicted molar refractivity (Wildman–Crippen MR) is 56.8 cm³/mol. The largest absolute Gasteiger partial charge is 0.479 e. The van der Waals surface area contributed by atoms with Gasteiger partial charge in [-0.2, -0.15) is 0 Å². The first-order chi connectivity index (χ1) is 7.02. The topological polar surface area (TPSA) is 72.5 Å². The summed E-state index contributed by atoms with van der Waals surface area (Å²) in [6.07, 6.45) is -0.870. The Morgan fingerprint density at radius 2 is 2.00 bits per heavy atom. The van der Waals surface area contributed by atoms with Gasteiger partial charge in [-0.1, -0.05) is 18.2 Å². The number of para-hydroxylation sites is 1. The molecule has 3 N–H and O–H groups in total. The normalized spacial score (nSPS) is 14.3. The summed E-state index contributed by atoms with van der Waals surface area (Å²) >= 11 is 0. The van der Waals surface area contributed by atoms with Gasteiger partial charge in [-0.3, -0.25) is 0 Å². The number of carbonyl (C=O) groups is 1. The standard InChI is InChI=1S/C11H15NO3/c1-7(12)9-5-3-4-6-10(9)15-8(2)11(13)14/h3-8H,12H2,1-2H3,(H,13,14). The molecular formula is C11H15NO3. The lowest BCUT2D eigenvalue weighted by Gasteiger charge is -2.16. The molecule has 0 saturated carbocycles. The van der Waals surface area contributed by atoms with Crippen molar-refractivity contribution >= 4 is 5.97 Å². The summed E-state index contributed by atoms with van der Waals surface area (Å²) in [6, 6.07) is 7.00. The minimum Gasteiger partial charge on any atom is -0.479 e. The van der Waals surface area contributed by atoms with Gasteiger partial charge in [-0.15, -0.1) is 0 Å². The number of hydrogen-bond donors (Lipinski definition) is 2. The van der Waals surface area contributed by atoms with Gasteiger partial charge in [-0.05, 0) is 19.9 Å². The molecule has 0 aliphatic heterocycles. The fourth-order valence-corrected chi connectivity index (χ4v) is 1.20. The van der Waals surface area contributed by atoms with E-state index in [2.05, 4.69) is 0 Å². The van der Waals surface area contributed by atoms with Gasteiger partial charge in [0.25, 0.3) is 0 Å². The van der Waals surface area contributed by atoms with Crippen LogP contribution in [-0.2, 0) is 4.79 Å². The fourth-order valence-electron chi connectivity index (χ4n) is 1.20. The summed E-state index contributed by atoms with van der Waals surface area (Å²) in [7, 11) is 0.